The molecule has 0 saturated carbocycles. The van der Waals surface area contributed by atoms with Gasteiger partial charge in [0.05, 0.1) is 5.69 Å². The molecule has 1 saturated heterocycles. The van der Waals surface area contributed by atoms with Crippen LogP contribution in [-0.4, -0.2) is 40.2 Å². The summed E-state index contributed by atoms with van der Waals surface area (Å²) in [4.78, 5) is 10.2. The number of sulfonamides is 1. The minimum Gasteiger partial charge on any atom is -0.292 e. The molecule has 0 amide bonds. The van der Waals surface area contributed by atoms with Crippen LogP contribution in [0.4, 0.5) is 0 Å². The Morgan fingerprint density at radius 3 is 2.68 bits per heavy atom. The van der Waals surface area contributed by atoms with E-state index in [4.69, 9.17) is 4.98 Å². The van der Waals surface area contributed by atoms with E-state index in [0.717, 1.165) is 24.4 Å². The summed E-state index contributed by atoms with van der Waals surface area (Å²) in [6, 6.07) is 3.26. The summed E-state index contributed by atoms with van der Waals surface area (Å²) in [7, 11) is -3.45. The van der Waals surface area contributed by atoms with Gasteiger partial charge in [0.1, 0.15) is 15.6 Å². The van der Waals surface area contributed by atoms with E-state index in [9.17, 15) is 8.42 Å². The molecule has 0 atom stereocenters. The SMILES string of the molecule is Cc1csc2c(C3CCN(S(=O)(=O)c4cccnc4)CC3)nc(C)n12. The lowest BCUT2D eigenvalue weighted by atomic mass is 9.95. The molecule has 0 aromatic carbocycles. The van der Waals surface area contributed by atoms with Crippen molar-refractivity contribution in [3.63, 3.8) is 0 Å². The smallest absolute Gasteiger partial charge is 0.244 e. The highest BCUT2D eigenvalue weighted by molar-refractivity contribution is 7.89. The second kappa shape index (κ2) is 6.19. The number of nitrogens with zero attached hydrogens (tertiary/aromatic N) is 4. The van der Waals surface area contributed by atoms with Crippen LogP contribution in [0.2, 0.25) is 0 Å². The molecule has 1 fully saturated rings. The van der Waals surface area contributed by atoms with Crippen LogP contribution in [0, 0.1) is 13.8 Å². The van der Waals surface area contributed by atoms with E-state index >= 15 is 0 Å². The number of thiazole rings is 1. The van der Waals surface area contributed by atoms with Gasteiger partial charge in [-0.1, -0.05) is 0 Å². The maximum atomic E-state index is 12.7. The number of pyridine rings is 1. The summed E-state index contributed by atoms with van der Waals surface area (Å²) in [5.74, 6) is 1.32. The molecule has 3 aromatic rings. The van der Waals surface area contributed by atoms with Gasteiger partial charge >= 0.3 is 0 Å². The van der Waals surface area contributed by atoms with Gasteiger partial charge in [-0.25, -0.2) is 13.4 Å². The molecule has 3 aromatic heterocycles. The minimum atomic E-state index is -3.45. The van der Waals surface area contributed by atoms with Crippen molar-refractivity contribution in [2.24, 2.45) is 0 Å². The quantitative estimate of drug-likeness (QED) is 0.705. The van der Waals surface area contributed by atoms with Crippen LogP contribution in [0.5, 0.6) is 0 Å². The maximum Gasteiger partial charge on any atom is 0.244 e. The van der Waals surface area contributed by atoms with Crippen molar-refractivity contribution in [1.82, 2.24) is 18.7 Å². The molecule has 4 heterocycles. The van der Waals surface area contributed by atoms with Gasteiger partial charge in [0, 0.05) is 42.5 Å². The van der Waals surface area contributed by atoms with Crippen LogP contribution in [0.25, 0.3) is 4.83 Å². The number of aromatic nitrogens is 3. The Morgan fingerprint density at radius 2 is 2.00 bits per heavy atom. The van der Waals surface area contributed by atoms with Gasteiger partial charge in [0.25, 0.3) is 0 Å². The first kappa shape index (κ1) is 16.7. The fourth-order valence-electron chi connectivity index (χ4n) is 3.54. The molecule has 0 aliphatic carbocycles. The highest BCUT2D eigenvalue weighted by Crippen LogP contribution is 2.35. The standard InChI is InChI=1S/C17H20N4O2S2/c1-12-11-24-17-16(19-13(2)21(12)17)14-5-8-20(9-6-14)25(22,23)15-4-3-7-18-10-15/h3-4,7,10-11,14H,5-6,8-9H2,1-2H3. The van der Waals surface area contributed by atoms with Crippen molar-refractivity contribution < 1.29 is 8.42 Å². The van der Waals surface area contributed by atoms with E-state index in [2.05, 4.69) is 21.7 Å². The Balaban J connectivity index is 1.55. The van der Waals surface area contributed by atoms with Crippen LogP contribution >= 0.6 is 11.3 Å². The number of imidazole rings is 1. The molecule has 0 radical (unpaired) electrons. The number of fused-ring (bicyclic) bond motifs is 1. The topological polar surface area (TPSA) is 67.6 Å². The molecular weight excluding hydrogens is 356 g/mol. The predicted octanol–water partition coefficient (Wildman–Crippen LogP) is 2.98. The number of hydrogen-bond acceptors (Lipinski definition) is 5. The molecule has 132 valence electrons. The minimum absolute atomic E-state index is 0.266. The third-order valence-electron chi connectivity index (χ3n) is 4.83. The molecule has 0 bridgehead atoms. The highest BCUT2D eigenvalue weighted by atomic mass is 32.2. The summed E-state index contributed by atoms with van der Waals surface area (Å²) in [5, 5.41) is 2.15. The van der Waals surface area contributed by atoms with E-state index in [1.807, 2.05) is 6.92 Å². The first-order chi connectivity index (χ1) is 12.0. The predicted molar refractivity (Wildman–Crippen MR) is 97.5 cm³/mol. The van der Waals surface area contributed by atoms with Crippen LogP contribution < -0.4 is 0 Å². The van der Waals surface area contributed by atoms with E-state index < -0.39 is 10.0 Å². The second-order valence-electron chi connectivity index (χ2n) is 6.43. The van der Waals surface area contributed by atoms with Gasteiger partial charge in [-0.15, -0.1) is 11.3 Å². The van der Waals surface area contributed by atoms with E-state index in [-0.39, 0.29) is 4.90 Å². The molecule has 1 aliphatic heterocycles. The molecule has 4 rings (SSSR count). The van der Waals surface area contributed by atoms with Crippen LogP contribution in [0.3, 0.4) is 0 Å². The first-order valence-corrected chi connectivity index (χ1v) is 10.6. The number of aryl methyl sites for hydroxylation is 2. The van der Waals surface area contributed by atoms with Gasteiger partial charge in [-0.3, -0.25) is 9.38 Å². The summed E-state index contributed by atoms with van der Waals surface area (Å²) >= 11 is 1.72. The zero-order chi connectivity index (χ0) is 17.6. The molecular formula is C17H20N4O2S2. The third-order valence-corrected chi connectivity index (χ3v) is 7.79. The number of hydrogen-bond donors (Lipinski definition) is 0. The normalized spacial score (nSPS) is 17.4. The third kappa shape index (κ3) is 2.78. The lowest BCUT2D eigenvalue weighted by molar-refractivity contribution is 0.318. The van der Waals surface area contributed by atoms with Gasteiger partial charge in [-0.05, 0) is 38.8 Å². The molecule has 0 spiro atoms. The van der Waals surface area contributed by atoms with Crippen molar-refractivity contribution in [1.29, 1.82) is 0 Å². The Morgan fingerprint density at radius 1 is 1.24 bits per heavy atom. The van der Waals surface area contributed by atoms with E-state index in [0.29, 0.717) is 19.0 Å². The molecule has 6 nitrogen and oxygen atoms in total. The summed E-state index contributed by atoms with van der Waals surface area (Å²) in [6.07, 6.45) is 4.59. The lowest BCUT2D eigenvalue weighted by Crippen LogP contribution is -2.38. The Kier molecular flexibility index (Phi) is 4.13. The summed E-state index contributed by atoms with van der Waals surface area (Å²) in [6.45, 7) is 5.15. The van der Waals surface area contributed by atoms with Gasteiger partial charge in [0.2, 0.25) is 10.0 Å². The zero-order valence-electron chi connectivity index (χ0n) is 14.2. The monoisotopic (exact) mass is 376 g/mol. The van der Waals surface area contributed by atoms with Gasteiger partial charge in [-0.2, -0.15) is 4.31 Å². The summed E-state index contributed by atoms with van der Waals surface area (Å²) < 4.78 is 29.2. The number of piperidine rings is 1. The fraction of sp³-hybridized carbons (Fsp3) is 0.412. The van der Waals surface area contributed by atoms with Crippen LogP contribution in [-0.2, 0) is 10.0 Å². The molecule has 8 heteroatoms. The van der Waals surface area contributed by atoms with E-state index in [1.54, 1.807) is 34.0 Å². The Hall–Kier alpha value is -1.77. The Labute approximate surface area is 151 Å². The molecule has 0 N–H and O–H groups in total. The first-order valence-electron chi connectivity index (χ1n) is 8.31. The van der Waals surface area contributed by atoms with Crippen molar-refractivity contribution in [2.75, 3.05) is 13.1 Å². The Bertz CT molecular complexity index is 1000. The van der Waals surface area contributed by atoms with Crippen molar-refractivity contribution in [2.45, 2.75) is 37.5 Å². The fourth-order valence-corrected chi connectivity index (χ4v) is 6.08. The highest BCUT2D eigenvalue weighted by Gasteiger charge is 2.32. The van der Waals surface area contributed by atoms with Gasteiger partial charge in [0.15, 0.2) is 0 Å². The largest absolute Gasteiger partial charge is 0.292 e. The van der Waals surface area contributed by atoms with Crippen molar-refractivity contribution in [3.8, 4) is 0 Å². The molecule has 0 unspecified atom stereocenters. The summed E-state index contributed by atoms with van der Waals surface area (Å²) in [5.41, 5.74) is 2.32. The lowest BCUT2D eigenvalue weighted by Gasteiger charge is -2.30. The van der Waals surface area contributed by atoms with Crippen LogP contribution in [0.15, 0.2) is 34.8 Å². The average Bonchev–Trinajstić information content (AvgIpc) is 3.17. The average molecular weight is 377 g/mol. The van der Waals surface area contributed by atoms with Crippen LogP contribution in [0.1, 0.15) is 36.0 Å². The zero-order valence-corrected chi connectivity index (χ0v) is 15.8. The molecule has 25 heavy (non-hydrogen) atoms. The molecule has 1 aliphatic rings. The van der Waals surface area contributed by atoms with Crippen molar-refractivity contribution >= 4 is 26.2 Å². The van der Waals surface area contributed by atoms with E-state index in [1.165, 1.54) is 16.7 Å². The van der Waals surface area contributed by atoms with Crippen molar-refractivity contribution in [3.05, 3.63) is 47.1 Å². The second-order valence-corrected chi connectivity index (χ2v) is 9.23. The van der Waals surface area contributed by atoms with Gasteiger partial charge < -0.3 is 0 Å². The number of rotatable bonds is 3. The maximum absolute atomic E-state index is 12.7.